The summed E-state index contributed by atoms with van der Waals surface area (Å²) < 4.78 is 2.40. The van der Waals surface area contributed by atoms with Gasteiger partial charge in [0.2, 0.25) is 0 Å². The van der Waals surface area contributed by atoms with Crippen LogP contribution < -0.4 is 5.73 Å². The van der Waals surface area contributed by atoms with E-state index in [1.54, 1.807) is 15.6 Å². The third-order valence-electron chi connectivity index (χ3n) is 6.60. The number of rotatable bonds is 5. The number of carbonyl (C=O) groups excluding carboxylic acids is 1. The molecule has 5 rings (SSSR count). The van der Waals surface area contributed by atoms with Crippen LogP contribution in [0.1, 0.15) is 25.5 Å². The molecule has 0 radical (unpaired) electrons. The highest BCUT2D eigenvalue weighted by Crippen LogP contribution is 2.32. The van der Waals surface area contributed by atoms with Crippen LogP contribution in [0, 0.1) is 5.92 Å². The zero-order valence-corrected chi connectivity index (χ0v) is 21.0. The zero-order valence-electron chi connectivity index (χ0n) is 19.4. The highest BCUT2D eigenvalue weighted by Gasteiger charge is 2.27. The van der Waals surface area contributed by atoms with Gasteiger partial charge in [0.05, 0.1) is 22.1 Å². The number of nitrogens with zero attached hydrogens (tertiary/aromatic N) is 5. The van der Waals surface area contributed by atoms with Crippen molar-refractivity contribution in [3.05, 3.63) is 65.0 Å². The fraction of sp³-hybridized carbons (Fsp3) is 0.308. The molecule has 0 saturated carbocycles. The molecule has 1 atom stereocenters. The first-order valence-corrected chi connectivity index (χ1v) is 12.5. The molecule has 0 spiro atoms. The Bertz CT molecular complexity index is 1350. The van der Waals surface area contributed by atoms with Crippen molar-refractivity contribution in [2.75, 3.05) is 18.8 Å². The van der Waals surface area contributed by atoms with Crippen LogP contribution in [0.4, 0.5) is 5.82 Å². The summed E-state index contributed by atoms with van der Waals surface area (Å²) in [7, 11) is 0. The van der Waals surface area contributed by atoms with Crippen molar-refractivity contribution in [1.82, 2.24) is 24.5 Å². The Morgan fingerprint density at radius 3 is 2.54 bits per heavy atom. The van der Waals surface area contributed by atoms with Gasteiger partial charge in [0.15, 0.2) is 5.65 Å². The molecule has 1 saturated heterocycles. The number of piperidine rings is 1. The van der Waals surface area contributed by atoms with Crippen LogP contribution in [0.15, 0.2) is 59.3 Å². The molecular weight excluding hydrogens is 508 g/mol. The zero-order chi connectivity index (χ0) is 24.5. The largest absolute Gasteiger partial charge is 0.384 e. The van der Waals surface area contributed by atoms with E-state index in [1.807, 2.05) is 48.7 Å². The number of pyridine rings is 1. The van der Waals surface area contributed by atoms with E-state index in [-0.39, 0.29) is 5.91 Å². The molecule has 3 N–H and O–H groups in total. The van der Waals surface area contributed by atoms with E-state index in [9.17, 15) is 9.90 Å². The van der Waals surface area contributed by atoms with Crippen molar-refractivity contribution in [3.63, 3.8) is 0 Å². The molecule has 9 heteroatoms. The van der Waals surface area contributed by atoms with Gasteiger partial charge in [-0.05, 0) is 54.1 Å². The Kier molecular flexibility index (Phi) is 6.53. The molecular formula is C26H27BrN6O2. The number of hydrogen-bond acceptors (Lipinski definition) is 6. The normalized spacial score (nSPS) is 15.5. The van der Waals surface area contributed by atoms with E-state index in [0.29, 0.717) is 30.5 Å². The minimum Gasteiger partial charge on any atom is -0.384 e. The third kappa shape index (κ3) is 4.66. The van der Waals surface area contributed by atoms with Gasteiger partial charge in [-0.2, -0.15) is 9.61 Å². The van der Waals surface area contributed by atoms with Gasteiger partial charge in [0.25, 0.3) is 5.91 Å². The molecule has 180 valence electrons. The number of benzene rings is 1. The van der Waals surface area contributed by atoms with Gasteiger partial charge in [-0.1, -0.05) is 36.4 Å². The molecule has 0 aliphatic carbocycles. The highest BCUT2D eigenvalue weighted by atomic mass is 79.9. The van der Waals surface area contributed by atoms with Gasteiger partial charge in [0, 0.05) is 36.0 Å². The average Bonchev–Trinajstić information content (AvgIpc) is 3.31. The Balaban J connectivity index is 1.40. The van der Waals surface area contributed by atoms with Crippen molar-refractivity contribution in [3.8, 4) is 22.4 Å². The summed E-state index contributed by atoms with van der Waals surface area (Å²) in [6, 6.07) is 14.1. The molecule has 4 aromatic rings. The quantitative estimate of drug-likeness (QED) is 0.401. The Morgan fingerprint density at radius 1 is 1.14 bits per heavy atom. The van der Waals surface area contributed by atoms with E-state index >= 15 is 0 Å². The first-order valence-electron chi connectivity index (χ1n) is 11.7. The van der Waals surface area contributed by atoms with E-state index in [4.69, 9.17) is 10.7 Å². The van der Waals surface area contributed by atoms with Crippen LogP contribution in [0.25, 0.3) is 28.0 Å². The summed E-state index contributed by atoms with van der Waals surface area (Å²) in [5, 5.41) is 14.1. The molecule has 0 bridgehead atoms. The van der Waals surface area contributed by atoms with Crippen LogP contribution in [-0.4, -0.2) is 54.7 Å². The van der Waals surface area contributed by atoms with Gasteiger partial charge in [-0.15, -0.1) is 0 Å². The van der Waals surface area contributed by atoms with Crippen LogP contribution in [0.5, 0.6) is 0 Å². The molecule has 1 aromatic carbocycles. The number of nitrogens with two attached hydrogens (primary N) is 1. The van der Waals surface area contributed by atoms with Crippen LogP contribution in [-0.2, 0) is 11.2 Å². The number of nitrogen functional groups attached to an aromatic ring is 1. The van der Waals surface area contributed by atoms with Gasteiger partial charge in [-0.25, -0.2) is 4.98 Å². The lowest BCUT2D eigenvalue weighted by atomic mass is 9.91. The number of amides is 1. The monoisotopic (exact) mass is 534 g/mol. The highest BCUT2D eigenvalue weighted by molar-refractivity contribution is 9.10. The standard InChI is InChI=1S/C26H27BrN6O2/c1-16(34)26(35)32-11-9-17(10-12-32)13-22-23(27)24(28)33-25(31-22)20(15-30-33)19-7-8-21(29-14-19)18-5-3-2-4-6-18/h2-8,14-17,34H,9-13,28H2,1H3. The fourth-order valence-electron chi connectivity index (χ4n) is 4.61. The van der Waals surface area contributed by atoms with Crippen LogP contribution in [0.3, 0.4) is 0 Å². The summed E-state index contributed by atoms with van der Waals surface area (Å²) in [6.07, 6.45) is 5.11. The maximum Gasteiger partial charge on any atom is 0.251 e. The minimum atomic E-state index is -0.957. The van der Waals surface area contributed by atoms with Crippen molar-refractivity contribution in [2.45, 2.75) is 32.3 Å². The summed E-state index contributed by atoms with van der Waals surface area (Å²) in [4.78, 5) is 23.4. The van der Waals surface area contributed by atoms with Gasteiger partial charge >= 0.3 is 0 Å². The van der Waals surface area contributed by atoms with E-state index in [1.165, 1.54) is 6.92 Å². The number of halogens is 1. The predicted octanol–water partition coefficient (Wildman–Crippen LogP) is 3.96. The second kappa shape index (κ2) is 9.75. The Morgan fingerprint density at radius 2 is 1.89 bits per heavy atom. The lowest BCUT2D eigenvalue weighted by Crippen LogP contribution is -2.43. The maximum atomic E-state index is 12.1. The SMILES string of the molecule is CC(O)C(=O)N1CCC(Cc2nc3c(-c4ccc(-c5ccccc5)nc4)cnn3c(N)c2Br)CC1. The number of carbonyl (C=O) groups is 1. The average molecular weight is 535 g/mol. The maximum absolute atomic E-state index is 12.1. The molecule has 4 heterocycles. The molecule has 1 fully saturated rings. The molecule has 35 heavy (non-hydrogen) atoms. The van der Waals surface area contributed by atoms with Crippen LogP contribution >= 0.6 is 15.9 Å². The number of aromatic nitrogens is 4. The van der Waals surface area contributed by atoms with E-state index in [2.05, 4.69) is 26.0 Å². The number of fused-ring (bicyclic) bond motifs is 1. The first-order chi connectivity index (χ1) is 16.9. The molecule has 1 aliphatic heterocycles. The number of aliphatic hydroxyl groups is 1. The van der Waals surface area contributed by atoms with E-state index in [0.717, 1.165) is 51.8 Å². The smallest absolute Gasteiger partial charge is 0.251 e. The molecule has 1 aliphatic rings. The second-order valence-corrected chi connectivity index (χ2v) is 9.79. The van der Waals surface area contributed by atoms with Crippen molar-refractivity contribution in [1.29, 1.82) is 0 Å². The number of anilines is 1. The molecule has 3 aromatic heterocycles. The van der Waals surface area contributed by atoms with Gasteiger partial charge < -0.3 is 15.7 Å². The van der Waals surface area contributed by atoms with E-state index < -0.39 is 6.10 Å². The van der Waals surface area contributed by atoms with Gasteiger partial charge in [-0.3, -0.25) is 9.78 Å². The summed E-state index contributed by atoms with van der Waals surface area (Å²) in [6.45, 7) is 2.80. The van der Waals surface area contributed by atoms with Crippen LogP contribution in [0.2, 0.25) is 0 Å². The molecule has 1 amide bonds. The summed E-state index contributed by atoms with van der Waals surface area (Å²) in [5.41, 5.74) is 11.8. The number of likely N-dealkylation sites (tertiary alicyclic amines) is 1. The lowest BCUT2D eigenvalue weighted by molar-refractivity contribution is -0.140. The van der Waals surface area contributed by atoms with Crippen molar-refractivity contribution in [2.24, 2.45) is 5.92 Å². The summed E-state index contributed by atoms with van der Waals surface area (Å²) >= 11 is 3.62. The number of aliphatic hydroxyl groups excluding tert-OH is 1. The first kappa shape index (κ1) is 23.4. The van der Waals surface area contributed by atoms with Crippen molar-refractivity contribution < 1.29 is 9.90 Å². The summed E-state index contributed by atoms with van der Waals surface area (Å²) in [5.74, 6) is 0.674. The third-order valence-corrected chi connectivity index (χ3v) is 7.46. The lowest BCUT2D eigenvalue weighted by Gasteiger charge is -2.32. The Hall–Kier alpha value is -3.30. The minimum absolute atomic E-state index is 0.204. The predicted molar refractivity (Wildman–Crippen MR) is 138 cm³/mol. The molecule has 8 nitrogen and oxygen atoms in total. The fourth-order valence-corrected chi connectivity index (χ4v) is 5.03. The topological polar surface area (TPSA) is 110 Å². The molecule has 1 unspecified atom stereocenters. The second-order valence-electron chi connectivity index (χ2n) is 9.00. The number of hydrogen-bond donors (Lipinski definition) is 2. The van der Waals surface area contributed by atoms with Crippen molar-refractivity contribution >= 4 is 33.3 Å². The van der Waals surface area contributed by atoms with Gasteiger partial charge in [0.1, 0.15) is 11.9 Å². The Labute approximate surface area is 211 Å².